The van der Waals surface area contributed by atoms with Crippen molar-refractivity contribution in [2.24, 2.45) is 0 Å². The van der Waals surface area contributed by atoms with Gasteiger partial charge in [-0.15, -0.1) is 0 Å². The van der Waals surface area contributed by atoms with E-state index < -0.39 is 0 Å². The zero-order valence-corrected chi connectivity index (χ0v) is 12.1. The summed E-state index contributed by atoms with van der Waals surface area (Å²) < 4.78 is 0. The molecule has 0 spiro atoms. The van der Waals surface area contributed by atoms with E-state index in [1.807, 2.05) is 12.1 Å². The number of alkyl halides is 1. The molecule has 0 aliphatic carbocycles. The van der Waals surface area contributed by atoms with Gasteiger partial charge in [-0.1, -0.05) is 22.0 Å². The standard InChI is InChI=1S/C13H18BrN3O/c1-17-7-5-11(8-10(14)9-17)16-13(18)12-4-2-3-6-15-12/h2-4,6,10-11H,5,7-9H2,1H3,(H,16,18). The van der Waals surface area contributed by atoms with Gasteiger partial charge in [0.2, 0.25) is 0 Å². The zero-order chi connectivity index (χ0) is 13.0. The number of halogens is 1. The second-order valence-corrected chi connectivity index (χ2v) is 6.06. The van der Waals surface area contributed by atoms with Crippen LogP contribution in [0.5, 0.6) is 0 Å². The summed E-state index contributed by atoms with van der Waals surface area (Å²) in [6.45, 7) is 2.03. The molecule has 0 bridgehead atoms. The van der Waals surface area contributed by atoms with Crippen LogP contribution in [-0.4, -0.2) is 46.8 Å². The second kappa shape index (κ2) is 6.29. The molecule has 1 aromatic rings. The molecule has 2 unspecified atom stereocenters. The SMILES string of the molecule is CN1CCC(NC(=O)c2ccccn2)CC(Br)C1. The van der Waals surface area contributed by atoms with E-state index in [1.54, 1.807) is 12.3 Å². The van der Waals surface area contributed by atoms with E-state index >= 15 is 0 Å². The highest BCUT2D eigenvalue weighted by molar-refractivity contribution is 9.09. The Hall–Kier alpha value is -0.940. The summed E-state index contributed by atoms with van der Waals surface area (Å²) >= 11 is 3.66. The molecule has 1 fully saturated rings. The molecule has 2 atom stereocenters. The van der Waals surface area contributed by atoms with Crippen molar-refractivity contribution in [2.45, 2.75) is 23.7 Å². The van der Waals surface area contributed by atoms with Crippen molar-refractivity contribution in [3.63, 3.8) is 0 Å². The number of likely N-dealkylation sites (tertiary alicyclic amines) is 1. The van der Waals surface area contributed by atoms with E-state index in [0.717, 1.165) is 25.9 Å². The van der Waals surface area contributed by atoms with Gasteiger partial charge in [-0.25, -0.2) is 0 Å². The molecule has 0 aromatic carbocycles. The minimum absolute atomic E-state index is 0.0788. The van der Waals surface area contributed by atoms with Crippen molar-refractivity contribution in [3.05, 3.63) is 30.1 Å². The van der Waals surface area contributed by atoms with Crippen LogP contribution >= 0.6 is 15.9 Å². The first kappa shape index (κ1) is 13.5. The van der Waals surface area contributed by atoms with Crippen molar-refractivity contribution in [1.29, 1.82) is 0 Å². The number of aromatic nitrogens is 1. The number of amides is 1. The first-order valence-corrected chi connectivity index (χ1v) is 7.11. The maximum Gasteiger partial charge on any atom is 0.270 e. The quantitative estimate of drug-likeness (QED) is 0.845. The fraction of sp³-hybridized carbons (Fsp3) is 0.538. The Kier molecular flexibility index (Phi) is 4.72. The number of carbonyl (C=O) groups is 1. The van der Waals surface area contributed by atoms with Gasteiger partial charge in [-0.05, 0) is 38.6 Å². The van der Waals surface area contributed by atoms with Gasteiger partial charge >= 0.3 is 0 Å². The monoisotopic (exact) mass is 311 g/mol. The molecule has 1 saturated heterocycles. The van der Waals surface area contributed by atoms with Gasteiger partial charge in [0.25, 0.3) is 5.91 Å². The number of rotatable bonds is 2. The third-order valence-electron chi connectivity index (χ3n) is 3.14. The Morgan fingerprint density at radius 2 is 2.39 bits per heavy atom. The first-order valence-electron chi connectivity index (χ1n) is 6.19. The van der Waals surface area contributed by atoms with Crippen LogP contribution in [0.3, 0.4) is 0 Å². The first-order chi connectivity index (χ1) is 8.65. The lowest BCUT2D eigenvalue weighted by molar-refractivity contribution is 0.0928. The van der Waals surface area contributed by atoms with Crippen molar-refractivity contribution in [3.8, 4) is 0 Å². The Bertz CT molecular complexity index is 398. The maximum atomic E-state index is 12.0. The predicted molar refractivity (Wildman–Crippen MR) is 74.9 cm³/mol. The van der Waals surface area contributed by atoms with E-state index in [-0.39, 0.29) is 11.9 Å². The van der Waals surface area contributed by atoms with Crippen LogP contribution in [0.1, 0.15) is 23.3 Å². The second-order valence-electron chi connectivity index (χ2n) is 4.77. The van der Waals surface area contributed by atoms with Gasteiger partial charge < -0.3 is 10.2 Å². The lowest BCUT2D eigenvalue weighted by Gasteiger charge is -2.17. The summed E-state index contributed by atoms with van der Waals surface area (Å²) in [7, 11) is 2.11. The average molecular weight is 312 g/mol. The fourth-order valence-corrected chi connectivity index (χ4v) is 3.14. The number of carbonyl (C=O) groups excluding carboxylic acids is 1. The molecule has 1 amide bonds. The minimum Gasteiger partial charge on any atom is -0.348 e. The molecule has 5 heteroatoms. The van der Waals surface area contributed by atoms with E-state index in [0.29, 0.717) is 10.5 Å². The third-order valence-corrected chi connectivity index (χ3v) is 3.81. The molecule has 2 heterocycles. The van der Waals surface area contributed by atoms with E-state index in [2.05, 4.69) is 38.2 Å². The van der Waals surface area contributed by atoms with Gasteiger partial charge in [-0.3, -0.25) is 9.78 Å². The molecule has 2 rings (SSSR count). The molecular weight excluding hydrogens is 294 g/mol. The maximum absolute atomic E-state index is 12.0. The van der Waals surface area contributed by atoms with Gasteiger partial charge in [-0.2, -0.15) is 0 Å². The topological polar surface area (TPSA) is 45.2 Å². The van der Waals surface area contributed by atoms with Crippen LogP contribution in [0.4, 0.5) is 0 Å². The summed E-state index contributed by atoms with van der Waals surface area (Å²) in [5.74, 6) is -0.0788. The smallest absolute Gasteiger partial charge is 0.270 e. The average Bonchev–Trinajstić information content (AvgIpc) is 2.51. The summed E-state index contributed by atoms with van der Waals surface area (Å²) in [6.07, 6.45) is 3.59. The normalized spacial score (nSPS) is 25.4. The Morgan fingerprint density at radius 1 is 1.56 bits per heavy atom. The Morgan fingerprint density at radius 3 is 3.11 bits per heavy atom. The number of pyridine rings is 1. The van der Waals surface area contributed by atoms with Crippen molar-refractivity contribution in [2.75, 3.05) is 20.1 Å². The van der Waals surface area contributed by atoms with E-state index in [4.69, 9.17) is 0 Å². The third kappa shape index (κ3) is 3.78. The summed E-state index contributed by atoms with van der Waals surface area (Å²) in [5, 5.41) is 3.07. The van der Waals surface area contributed by atoms with Crippen LogP contribution in [0.25, 0.3) is 0 Å². The number of hydrogen-bond acceptors (Lipinski definition) is 3. The van der Waals surface area contributed by atoms with Crippen molar-refractivity contribution in [1.82, 2.24) is 15.2 Å². The molecule has 18 heavy (non-hydrogen) atoms. The molecule has 0 radical (unpaired) electrons. The Balaban J connectivity index is 1.95. The largest absolute Gasteiger partial charge is 0.348 e. The van der Waals surface area contributed by atoms with E-state index in [1.165, 1.54) is 0 Å². The minimum atomic E-state index is -0.0788. The van der Waals surface area contributed by atoms with E-state index in [9.17, 15) is 4.79 Å². The molecule has 98 valence electrons. The van der Waals surface area contributed by atoms with Gasteiger partial charge in [0.15, 0.2) is 0 Å². The van der Waals surface area contributed by atoms with Crippen molar-refractivity contribution < 1.29 is 4.79 Å². The number of nitrogens with zero attached hydrogens (tertiary/aromatic N) is 2. The molecule has 0 saturated carbocycles. The molecule has 1 aromatic heterocycles. The summed E-state index contributed by atoms with van der Waals surface area (Å²) in [5.41, 5.74) is 0.487. The summed E-state index contributed by atoms with van der Waals surface area (Å²) in [6, 6.07) is 5.60. The number of nitrogens with one attached hydrogen (secondary N) is 1. The van der Waals surface area contributed by atoms with Gasteiger partial charge in [0, 0.05) is 23.6 Å². The fourth-order valence-electron chi connectivity index (χ4n) is 2.19. The lowest BCUT2D eigenvalue weighted by atomic mass is 10.1. The van der Waals surface area contributed by atoms with Gasteiger partial charge in [0.05, 0.1) is 0 Å². The molecule has 1 aliphatic heterocycles. The zero-order valence-electron chi connectivity index (χ0n) is 10.5. The van der Waals surface area contributed by atoms with Crippen LogP contribution in [0.2, 0.25) is 0 Å². The molecular formula is C13H18BrN3O. The van der Waals surface area contributed by atoms with Crippen LogP contribution < -0.4 is 5.32 Å². The Labute approximate surface area is 116 Å². The molecule has 1 aliphatic rings. The van der Waals surface area contributed by atoms with Crippen LogP contribution in [-0.2, 0) is 0 Å². The number of hydrogen-bond donors (Lipinski definition) is 1. The summed E-state index contributed by atoms with van der Waals surface area (Å²) in [4.78, 5) is 18.8. The van der Waals surface area contributed by atoms with Gasteiger partial charge in [0.1, 0.15) is 5.69 Å². The molecule has 1 N–H and O–H groups in total. The molecule has 4 nitrogen and oxygen atoms in total. The highest BCUT2D eigenvalue weighted by Crippen LogP contribution is 2.16. The van der Waals surface area contributed by atoms with Crippen molar-refractivity contribution >= 4 is 21.8 Å². The highest BCUT2D eigenvalue weighted by atomic mass is 79.9. The van der Waals surface area contributed by atoms with Crippen LogP contribution in [0.15, 0.2) is 24.4 Å². The van der Waals surface area contributed by atoms with Crippen LogP contribution in [0, 0.1) is 0 Å². The highest BCUT2D eigenvalue weighted by Gasteiger charge is 2.22. The predicted octanol–water partition coefficient (Wildman–Crippen LogP) is 1.67. The lowest BCUT2D eigenvalue weighted by Crippen LogP contribution is -2.36.